The van der Waals surface area contributed by atoms with Crippen LogP contribution in [-0.4, -0.2) is 45.6 Å². The Morgan fingerprint density at radius 1 is 1.20 bits per heavy atom. The number of para-hydroxylation sites is 1. The van der Waals surface area contributed by atoms with Gasteiger partial charge in [-0.2, -0.15) is 0 Å². The zero-order valence-electron chi connectivity index (χ0n) is 17.0. The van der Waals surface area contributed by atoms with Crippen LogP contribution in [0.1, 0.15) is 34.5 Å². The molecule has 0 atom stereocenters. The minimum Gasteiger partial charge on any atom is -0.381 e. The molecule has 2 aromatic carbocycles. The number of hydrogen-bond acceptors (Lipinski definition) is 4. The summed E-state index contributed by atoms with van der Waals surface area (Å²) in [5, 5.41) is 8.45. The Morgan fingerprint density at radius 2 is 2.00 bits per heavy atom. The number of ether oxygens (including phenoxy) is 1. The molecular formula is C23H23FN4O2. The van der Waals surface area contributed by atoms with Gasteiger partial charge in [-0.05, 0) is 55.5 Å². The largest absolute Gasteiger partial charge is 0.381 e. The van der Waals surface area contributed by atoms with Crippen molar-refractivity contribution in [2.45, 2.75) is 32.4 Å². The van der Waals surface area contributed by atoms with Crippen LogP contribution in [-0.2, 0) is 11.3 Å². The van der Waals surface area contributed by atoms with E-state index in [1.165, 1.54) is 10.7 Å². The Balaban J connectivity index is 1.39. The fraction of sp³-hybridized carbons (Fsp3) is 0.348. The molecule has 0 saturated heterocycles. The number of rotatable bonds is 5. The molecule has 0 radical (unpaired) electrons. The van der Waals surface area contributed by atoms with Gasteiger partial charge in [0.2, 0.25) is 0 Å². The number of fused-ring (bicyclic) bond motifs is 1. The van der Waals surface area contributed by atoms with Gasteiger partial charge < -0.3 is 9.64 Å². The number of methoxy groups -OCH3 is 1. The molecule has 154 valence electrons. The average molecular weight is 406 g/mol. The summed E-state index contributed by atoms with van der Waals surface area (Å²) in [5.41, 5.74) is 4.44. The van der Waals surface area contributed by atoms with E-state index in [0.717, 1.165) is 41.8 Å². The third-order valence-corrected chi connectivity index (χ3v) is 6.24. The van der Waals surface area contributed by atoms with E-state index in [9.17, 15) is 9.18 Å². The van der Waals surface area contributed by atoms with Crippen molar-refractivity contribution in [3.05, 3.63) is 65.1 Å². The van der Waals surface area contributed by atoms with Crippen LogP contribution in [0.4, 0.5) is 4.39 Å². The lowest BCUT2D eigenvalue weighted by atomic mass is 9.82. The lowest BCUT2D eigenvalue weighted by molar-refractivity contribution is -0.00933. The van der Waals surface area contributed by atoms with Gasteiger partial charge in [-0.3, -0.25) is 4.79 Å². The molecule has 6 nitrogen and oxygen atoms in total. The molecule has 0 unspecified atom stereocenters. The normalized spacial score (nSPS) is 20.4. The number of amides is 1. The van der Waals surface area contributed by atoms with E-state index in [-0.39, 0.29) is 11.7 Å². The molecule has 0 N–H and O–H groups in total. The van der Waals surface area contributed by atoms with E-state index in [2.05, 4.69) is 10.3 Å². The van der Waals surface area contributed by atoms with Gasteiger partial charge in [-0.15, -0.1) is 5.10 Å². The Bertz CT molecular complexity index is 1120. The van der Waals surface area contributed by atoms with Gasteiger partial charge in [-0.1, -0.05) is 23.4 Å². The first-order valence-corrected chi connectivity index (χ1v) is 10.2. The van der Waals surface area contributed by atoms with Gasteiger partial charge in [0.25, 0.3) is 5.91 Å². The second-order valence-corrected chi connectivity index (χ2v) is 8.14. The number of carbonyl (C=O) groups is 1. The number of halogens is 1. The topological polar surface area (TPSA) is 60.2 Å². The van der Waals surface area contributed by atoms with Crippen LogP contribution in [0.25, 0.3) is 16.9 Å². The smallest absolute Gasteiger partial charge is 0.254 e. The molecule has 1 amide bonds. The summed E-state index contributed by atoms with van der Waals surface area (Å²) in [7, 11) is 1.74. The minimum atomic E-state index is -0.348. The van der Waals surface area contributed by atoms with Crippen molar-refractivity contribution in [3.63, 3.8) is 0 Å². The number of hydrogen-bond donors (Lipinski definition) is 0. The summed E-state index contributed by atoms with van der Waals surface area (Å²) < 4.78 is 21.0. The molecule has 5 rings (SSSR count). The van der Waals surface area contributed by atoms with Crippen LogP contribution in [0.3, 0.4) is 0 Å². The summed E-state index contributed by atoms with van der Waals surface area (Å²) >= 11 is 0. The molecule has 1 aliphatic carbocycles. The van der Waals surface area contributed by atoms with E-state index in [0.29, 0.717) is 29.9 Å². The summed E-state index contributed by atoms with van der Waals surface area (Å²) in [4.78, 5) is 14.7. The van der Waals surface area contributed by atoms with Gasteiger partial charge in [0.15, 0.2) is 0 Å². The number of carbonyl (C=O) groups excluding carboxylic acids is 1. The van der Waals surface area contributed by atoms with Crippen LogP contribution in [0, 0.1) is 18.7 Å². The molecule has 30 heavy (non-hydrogen) atoms. The molecule has 0 spiro atoms. The average Bonchev–Trinajstić information content (AvgIpc) is 3.24. The standard InChI is InChI=1S/C23H23FN4O2/c1-14-22(25-26-28(14)21-6-4-3-5-20(21)24)16-7-8-19-17(11-16)13-27(23(19)29)12-15-9-18(10-15)30-2/h3-8,11,15,18H,9-10,12-13H2,1-2H3. The predicted octanol–water partition coefficient (Wildman–Crippen LogP) is 3.76. The van der Waals surface area contributed by atoms with Crippen molar-refractivity contribution < 1.29 is 13.9 Å². The highest BCUT2D eigenvalue weighted by Gasteiger charge is 2.35. The fourth-order valence-electron chi connectivity index (χ4n) is 4.45. The van der Waals surface area contributed by atoms with Gasteiger partial charge in [0.1, 0.15) is 17.2 Å². The highest BCUT2D eigenvalue weighted by atomic mass is 19.1. The Labute approximate surface area is 174 Å². The molecule has 1 saturated carbocycles. The molecule has 0 bridgehead atoms. The van der Waals surface area contributed by atoms with Crippen molar-refractivity contribution in [1.29, 1.82) is 0 Å². The van der Waals surface area contributed by atoms with Gasteiger partial charge in [-0.25, -0.2) is 9.07 Å². The molecule has 7 heteroatoms. The van der Waals surface area contributed by atoms with E-state index in [1.54, 1.807) is 25.3 Å². The zero-order valence-corrected chi connectivity index (χ0v) is 17.0. The number of nitrogens with zero attached hydrogens (tertiary/aromatic N) is 4. The molecule has 1 aliphatic heterocycles. The monoisotopic (exact) mass is 406 g/mol. The predicted molar refractivity (Wildman–Crippen MR) is 110 cm³/mol. The second-order valence-electron chi connectivity index (χ2n) is 8.14. The summed E-state index contributed by atoms with van der Waals surface area (Å²) in [5.74, 6) is 0.249. The van der Waals surface area contributed by atoms with E-state index in [1.807, 2.05) is 30.0 Å². The SMILES string of the molecule is COC1CC(CN2Cc3cc(-c4nnn(-c5ccccc5F)c4C)ccc3C2=O)C1. The Morgan fingerprint density at radius 3 is 2.77 bits per heavy atom. The first-order chi connectivity index (χ1) is 14.5. The molecule has 3 aromatic rings. The second kappa shape index (κ2) is 7.32. The van der Waals surface area contributed by atoms with Gasteiger partial charge in [0, 0.05) is 31.3 Å². The summed E-state index contributed by atoms with van der Waals surface area (Å²) in [6.07, 6.45) is 2.36. The lowest BCUT2D eigenvalue weighted by Crippen LogP contribution is -2.39. The summed E-state index contributed by atoms with van der Waals surface area (Å²) in [6, 6.07) is 12.3. The van der Waals surface area contributed by atoms with E-state index >= 15 is 0 Å². The lowest BCUT2D eigenvalue weighted by Gasteiger charge is -2.36. The van der Waals surface area contributed by atoms with E-state index in [4.69, 9.17) is 4.74 Å². The number of benzene rings is 2. The molecule has 1 aromatic heterocycles. The maximum atomic E-state index is 14.2. The van der Waals surface area contributed by atoms with Crippen LogP contribution >= 0.6 is 0 Å². The van der Waals surface area contributed by atoms with Crippen LogP contribution in [0.5, 0.6) is 0 Å². The van der Waals surface area contributed by atoms with Gasteiger partial charge in [0.05, 0.1) is 11.8 Å². The number of aromatic nitrogens is 3. The van der Waals surface area contributed by atoms with Crippen molar-refractivity contribution >= 4 is 5.91 Å². The quantitative estimate of drug-likeness (QED) is 0.647. The van der Waals surface area contributed by atoms with Crippen molar-refractivity contribution in [1.82, 2.24) is 19.9 Å². The first-order valence-electron chi connectivity index (χ1n) is 10.2. The van der Waals surface area contributed by atoms with Crippen molar-refractivity contribution in [2.75, 3.05) is 13.7 Å². The Hall–Kier alpha value is -3.06. The minimum absolute atomic E-state index is 0.0872. The van der Waals surface area contributed by atoms with Crippen LogP contribution < -0.4 is 0 Å². The van der Waals surface area contributed by atoms with Crippen LogP contribution in [0.2, 0.25) is 0 Å². The molecular weight excluding hydrogens is 383 g/mol. The van der Waals surface area contributed by atoms with Crippen molar-refractivity contribution in [3.8, 4) is 16.9 Å². The Kier molecular flexibility index (Phi) is 4.62. The highest BCUT2D eigenvalue weighted by molar-refractivity contribution is 5.99. The van der Waals surface area contributed by atoms with Gasteiger partial charge >= 0.3 is 0 Å². The van der Waals surface area contributed by atoms with Crippen molar-refractivity contribution in [2.24, 2.45) is 5.92 Å². The zero-order chi connectivity index (χ0) is 20.8. The van der Waals surface area contributed by atoms with E-state index < -0.39 is 0 Å². The molecule has 2 aliphatic rings. The van der Waals surface area contributed by atoms with Crippen LogP contribution in [0.15, 0.2) is 42.5 Å². The first kappa shape index (κ1) is 18.9. The summed E-state index contributed by atoms with van der Waals surface area (Å²) in [6.45, 7) is 3.25. The molecule has 1 fully saturated rings. The third kappa shape index (κ3) is 3.10. The molecule has 2 heterocycles. The maximum Gasteiger partial charge on any atom is 0.254 e. The third-order valence-electron chi connectivity index (χ3n) is 6.24. The highest BCUT2D eigenvalue weighted by Crippen LogP contribution is 2.34. The maximum absolute atomic E-state index is 14.2. The fourth-order valence-corrected chi connectivity index (χ4v) is 4.45.